The number of allylic oxidation sites excluding steroid dienone is 14. The Balaban J connectivity index is 3.60. The second-order valence-corrected chi connectivity index (χ2v) is 11.9. The minimum atomic E-state index is -0.568. The monoisotopic (exact) mass is 639 g/mol. The van der Waals surface area contributed by atoms with E-state index in [-0.39, 0.29) is 19.2 Å². The van der Waals surface area contributed by atoms with Crippen LogP contribution in [0, 0.1) is 0 Å². The van der Waals surface area contributed by atoms with Gasteiger partial charge in [-0.15, -0.1) is 0 Å². The first kappa shape index (κ1) is 43.6. The van der Waals surface area contributed by atoms with E-state index in [0.717, 1.165) is 83.5 Å². The van der Waals surface area contributed by atoms with Crippen LogP contribution < -0.4 is 0 Å². The van der Waals surface area contributed by atoms with Crippen LogP contribution in [0.4, 0.5) is 0 Å². The predicted octanol–water partition coefficient (Wildman–Crippen LogP) is 12.0. The zero-order valence-corrected chi connectivity index (χ0v) is 29.8. The standard InChI is InChI=1S/C42H70O4/c1-3-5-7-9-11-13-15-17-19-21-22-24-26-28-30-32-34-36-38-45-40-41(39-43)46-42(44)37-35-33-31-29-27-25-23-20-18-16-14-12-10-8-6-4-2/h5,7,11,13-14,16-17,19-20,22-24,28,30,41,43H,3-4,6,8-10,12,15,18,21,25-27,29,31-40H2,1-2H3/b7-5-,13-11-,16-14-,19-17-,23-20-,24-22-,30-28-. The molecule has 0 aliphatic carbocycles. The normalized spacial score (nSPS) is 13.4. The highest BCUT2D eigenvalue weighted by Gasteiger charge is 2.13. The van der Waals surface area contributed by atoms with Crippen LogP contribution in [0.25, 0.3) is 0 Å². The van der Waals surface area contributed by atoms with E-state index in [0.29, 0.717) is 13.0 Å². The van der Waals surface area contributed by atoms with Gasteiger partial charge >= 0.3 is 5.97 Å². The van der Waals surface area contributed by atoms with E-state index in [1.807, 2.05) is 0 Å². The summed E-state index contributed by atoms with van der Waals surface area (Å²) in [5, 5.41) is 9.56. The van der Waals surface area contributed by atoms with Crippen molar-refractivity contribution in [3.8, 4) is 0 Å². The quantitative estimate of drug-likeness (QED) is 0.0441. The van der Waals surface area contributed by atoms with Gasteiger partial charge in [-0.3, -0.25) is 4.79 Å². The Kier molecular flexibility index (Phi) is 36.7. The van der Waals surface area contributed by atoms with Crippen molar-refractivity contribution in [3.63, 3.8) is 0 Å². The number of esters is 1. The van der Waals surface area contributed by atoms with Crippen LogP contribution in [0.3, 0.4) is 0 Å². The van der Waals surface area contributed by atoms with Gasteiger partial charge in [0, 0.05) is 13.0 Å². The summed E-state index contributed by atoms with van der Waals surface area (Å²) in [6.07, 6.45) is 53.4. The fourth-order valence-corrected chi connectivity index (χ4v) is 4.68. The summed E-state index contributed by atoms with van der Waals surface area (Å²) in [5.74, 6) is -0.234. The molecule has 0 aromatic carbocycles. The largest absolute Gasteiger partial charge is 0.457 e. The lowest BCUT2D eigenvalue weighted by molar-refractivity contribution is -0.154. The highest BCUT2D eigenvalue weighted by atomic mass is 16.6. The van der Waals surface area contributed by atoms with Crippen molar-refractivity contribution >= 4 is 5.97 Å². The average molecular weight is 639 g/mol. The van der Waals surface area contributed by atoms with Crippen molar-refractivity contribution in [1.29, 1.82) is 0 Å². The van der Waals surface area contributed by atoms with E-state index in [4.69, 9.17) is 9.47 Å². The molecule has 0 saturated heterocycles. The summed E-state index contributed by atoms with van der Waals surface area (Å²) in [6, 6.07) is 0. The van der Waals surface area contributed by atoms with Crippen molar-refractivity contribution in [3.05, 3.63) is 85.1 Å². The van der Waals surface area contributed by atoms with Crippen molar-refractivity contribution in [2.75, 3.05) is 19.8 Å². The number of hydrogen-bond acceptors (Lipinski definition) is 4. The molecule has 0 amide bonds. The maximum Gasteiger partial charge on any atom is 0.306 e. The van der Waals surface area contributed by atoms with E-state index >= 15 is 0 Å². The first-order valence-corrected chi connectivity index (χ1v) is 18.7. The fourth-order valence-electron chi connectivity index (χ4n) is 4.68. The fraction of sp³-hybridized carbons (Fsp3) is 0.643. The van der Waals surface area contributed by atoms with Gasteiger partial charge in [0.15, 0.2) is 0 Å². The van der Waals surface area contributed by atoms with Crippen molar-refractivity contribution < 1.29 is 19.4 Å². The van der Waals surface area contributed by atoms with Gasteiger partial charge in [-0.2, -0.15) is 0 Å². The van der Waals surface area contributed by atoms with Gasteiger partial charge in [-0.25, -0.2) is 0 Å². The number of hydrogen-bond donors (Lipinski definition) is 1. The maximum absolute atomic E-state index is 12.1. The van der Waals surface area contributed by atoms with Gasteiger partial charge in [-0.05, 0) is 89.9 Å². The molecular weight excluding hydrogens is 568 g/mol. The number of rotatable bonds is 33. The minimum absolute atomic E-state index is 0.200. The molecule has 0 radical (unpaired) electrons. The summed E-state index contributed by atoms with van der Waals surface area (Å²) in [7, 11) is 0. The number of ether oxygens (including phenoxy) is 2. The van der Waals surface area contributed by atoms with E-state index in [1.54, 1.807) is 0 Å². The zero-order valence-electron chi connectivity index (χ0n) is 29.8. The van der Waals surface area contributed by atoms with Gasteiger partial charge in [-0.1, -0.05) is 137 Å². The van der Waals surface area contributed by atoms with Crippen molar-refractivity contribution in [1.82, 2.24) is 0 Å². The van der Waals surface area contributed by atoms with Gasteiger partial charge in [0.2, 0.25) is 0 Å². The number of carbonyl (C=O) groups is 1. The van der Waals surface area contributed by atoms with Gasteiger partial charge < -0.3 is 14.6 Å². The Hall–Kier alpha value is -2.43. The Bertz CT molecular complexity index is 846. The zero-order chi connectivity index (χ0) is 33.4. The molecule has 1 atom stereocenters. The van der Waals surface area contributed by atoms with E-state index in [1.165, 1.54) is 44.9 Å². The third kappa shape index (κ3) is 36.0. The maximum atomic E-state index is 12.1. The Morgan fingerprint density at radius 2 is 0.978 bits per heavy atom. The second kappa shape index (κ2) is 38.8. The van der Waals surface area contributed by atoms with Crippen molar-refractivity contribution in [2.24, 2.45) is 0 Å². The smallest absolute Gasteiger partial charge is 0.306 e. The third-order valence-electron chi connectivity index (χ3n) is 7.45. The molecule has 0 aromatic rings. The summed E-state index contributed by atoms with van der Waals surface area (Å²) >= 11 is 0. The lowest BCUT2D eigenvalue weighted by atomic mass is 10.1. The number of carbonyl (C=O) groups excluding carboxylic acids is 1. The lowest BCUT2D eigenvalue weighted by Crippen LogP contribution is -2.27. The summed E-state index contributed by atoms with van der Waals surface area (Å²) in [5.41, 5.74) is 0. The van der Waals surface area contributed by atoms with E-state index in [2.05, 4.69) is 98.9 Å². The van der Waals surface area contributed by atoms with Gasteiger partial charge in [0.1, 0.15) is 6.10 Å². The van der Waals surface area contributed by atoms with Crippen LogP contribution in [-0.2, 0) is 14.3 Å². The summed E-state index contributed by atoms with van der Waals surface area (Å²) in [4.78, 5) is 12.1. The first-order valence-electron chi connectivity index (χ1n) is 18.7. The Morgan fingerprint density at radius 1 is 0.543 bits per heavy atom. The molecule has 0 spiro atoms. The Morgan fingerprint density at radius 3 is 1.48 bits per heavy atom. The molecular formula is C42H70O4. The molecule has 0 aliphatic rings. The van der Waals surface area contributed by atoms with E-state index < -0.39 is 6.10 Å². The number of aliphatic hydroxyl groups is 1. The lowest BCUT2D eigenvalue weighted by Gasteiger charge is -2.15. The molecule has 1 N–H and O–H groups in total. The second-order valence-electron chi connectivity index (χ2n) is 11.9. The van der Waals surface area contributed by atoms with Gasteiger partial charge in [0.25, 0.3) is 0 Å². The molecule has 0 aliphatic heterocycles. The topological polar surface area (TPSA) is 55.8 Å². The molecule has 262 valence electrons. The molecule has 0 bridgehead atoms. The average Bonchev–Trinajstić information content (AvgIpc) is 3.06. The highest BCUT2D eigenvalue weighted by molar-refractivity contribution is 5.69. The molecule has 0 rings (SSSR count). The highest BCUT2D eigenvalue weighted by Crippen LogP contribution is 2.10. The third-order valence-corrected chi connectivity index (χ3v) is 7.45. The van der Waals surface area contributed by atoms with Crippen LogP contribution >= 0.6 is 0 Å². The van der Waals surface area contributed by atoms with Crippen molar-refractivity contribution in [2.45, 2.75) is 155 Å². The molecule has 0 fully saturated rings. The van der Waals surface area contributed by atoms with Gasteiger partial charge in [0.05, 0.1) is 13.2 Å². The van der Waals surface area contributed by atoms with Crippen LogP contribution in [0.5, 0.6) is 0 Å². The van der Waals surface area contributed by atoms with Crippen LogP contribution in [0.15, 0.2) is 85.1 Å². The summed E-state index contributed by atoms with van der Waals surface area (Å²) < 4.78 is 11.1. The van der Waals surface area contributed by atoms with Crippen LogP contribution in [0.1, 0.15) is 149 Å². The SMILES string of the molecule is CC/C=C\C/C=C\C/C=C\C/C=C\C/C=C\CCCCOCC(CO)OC(=O)CCCCCCC/C=C\C/C=C\CCCCCC. The molecule has 46 heavy (non-hydrogen) atoms. The summed E-state index contributed by atoms with van der Waals surface area (Å²) in [6.45, 7) is 5.08. The Labute approximate surface area is 284 Å². The number of unbranched alkanes of at least 4 members (excludes halogenated alkanes) is 11. The van der Waals surface area contributed by atoms with Crippen LogP contribution in [-0.4, -0.2) is 37.0 Å². The minimum Gasteiger partial charge on any atom is -0.457 e. The molecule has 4 heteroatoms. The molecule has 0 heterocycles. The molecule has 1 unspecified atom stereocenters. The first-order chi connectivity index (χ1) is 22.7. The van der Waals surface area contributed by atoms with E-state index in [9.17, 15) is 9.90 Å². The molecule has 4 nitrogen and oxygen atoms in total. The number of aliphatic hydroxyl groups excluding tert-OH is 1. The molecule has 0 saturated carbocycles. The predicted molar refractivity (Wildman–Crippen MR) is 200 cm³/mol. The molecule has 0 aromatic heterocycles. The van der Waals surface area contributed by atoms with Crippen LogP contribution in [0.2, 0.25) is 0 Å².